The summed E-state index contributed by atoms with van der Waals surface area (Å²) in [6, 6.07) is -0.103. The second kappa shape index (κ2) is 3.98. The van der Waals surface area contributed by atoms with Crippen LogP contribution in [0.2, 0.25) is 0 Å². The van der Waals surface area contributed by atoms with Crippen LogP contribution in [-0.4, -0.2) is 34.0 Å². The van der Waals surface area contributed by atoms with E-state index in [0.29, 0.717) is 12.8 Å². The van der Waals surface area contributed by atoms with E-state index in [4.69, 9.17) is 5.11 Å². The number of amides is 1. The lowest BCUT2D eigenvalue weighted by atomic mass is 9.89. The second-order valence-corrected chi connectivity index (χ2v) is 4.12. The third kappa shape index (κ3) is 1.89. The minimum absolute atomic E-state index is 0.0741. The van der Waals surface area contributed by atoms with Gasteiger partial charge in [0.2, 0.25) is 5.91 Å². The van der Waals surface area contributed by atoms with Crippen LogP contribution in [0.15, 0.2) is 0 Å². The van der Waals surface area contributed by atoms with Crippen molar-refractivity contribution in [1.29, 1.82) is 0 Å². The van der Waals surface area contributed by atoms with E-state index in [9.17, 15) is 9.59 Å². The molecule has 1 fully saturated rings. The number of piperidine rings is 1. The molecule has 0 bridgehead atoms. The molecular weight excluding hydrogens is 182 g/mol. The average Bonchev–Trinajstić information content (AvgIpc) is 2.02. The van der Waals surface area contributed by atoms with Gasteiger partial charge in [0, 0.05) is 18.5 Å². The number of likely N-dealkylation sites (tertiary alicyclic amines) is 1. The summed E-state index contributed by atoms with van der Waals surface area (Å²) in [5, 5.41) is 8.96. The summed E-state index contributed by atoms with van der Waals surface area (Å²) >= 11 is 0. The minimum atomic E-state index is -0.796. The van der Waals surface area contributed by atoms with Crippen LogP contribution in [0.1, 0.15) is 33.6 Å². The summed E-state index contributed by atoms with van der Waals surface area (Å²) < 4.78 is 0. The average molecular weight is 199 g/mol. The summed E-state index contributed by atoms with van der Waals surface area (Å²) in [6.45, 7) is 5.65. The van der Waals surface area contributed by atoms with Crippen molar-refractivity contribution in [2.24, 2.45) is 5.92 Å². The third-order valence-corrected chi connectivity index (χ3v) is 2.85. The van der Waals surface area contributed by atoms with Gasteiger partial charge in [0.15, 0.2) is 0 Å². The van der Waals surface area contributed by atoms with Crippen LogP contribution in [-0.2, 0) is 9.59 Å². The lowest BCUT2D eigenvalue weighted by Crippen LogP contribution is -2.52. The number of hydrogen-bond acceptors (Lipinski definition) is 2. The Balaban J connectivity index is 2.82. The molecule has 1 aliphatic rings. The van der Waals surface area contributed by atoms with Crippen LogP contribution in [0.25, 0.3) is 0 Å². The highest BCUT2D eigenvalue weighted by molar-refractivity contribution is 5.81. The zero-order valence-electron chi connectivity index (χ0n) is 8.86. The van der Waals surface area contributed by atoms with E-state index in [0.717, 1.165) is 0 Å². The Labute approximate surface area is 83.9 Å². The molecule has 0 aromatic rings. The number of carboxylic acid groups (broad SMARTS) is 1. The van der Waals surface area contributed by atoms with Crippen LogP contribution in [0.5, 0.6) is 0 Å². The molecule has 4 nitrogen and oxygen atoms in total. The fourth-order valence-electron chi connectivity index (χ4n) is 2.16. The molecule has 0 spiro atoms. The number of rotatable bonds is 2. The van der Waals surface area contributed by atoms with Gasteiger partial charge in [-0.15, -0.1) is 0 Å². The molecule has 0 aliphatic carbocycles. The Bertz CT molecular complexity index is 250. The van der Waals surface area contributed by atoms with Gasteiger partial charge in [-0.3, -0.25) is 9.59 Å². The second-order valence-electron chi connectivity index (χ2n) is 4.12. The first-order valence-corrected chi connectivity index (χ1v) is 4.99. The number of carboxylic acids is 1. The quantitative estimate of drug-likeness (QED) is 0.724. The molecule has 1 saturated heterocycles. The maximum absolute atomic E-state index is 11.5. The summed E-state index contributed by atoms with van der Waals surface area (Å²) in [5.74, 6) is -1.13. The molecule has 1 aliphatic heterocycles. The highest BCUT2D eigenvalue weighted by atomic mass is 16.4. The standard InChI is InChI=1S/C10H17NO3/c1-6(2)11-7(3)8(10(13)14)4-5-9(11)12/h6-8H,4-5H2,1-3H3,(H,13,14)/t7-,8+/m0/s1. The smallest absolute Gasteiger partial charge is 0.308 e. The maximum atomic E-state index is 11.5. The number of carbonyl (C=O) groups is 2. The number of aliphatic carboxylic acids is 1. The lowest BCUT2D eigenvalue weighted by Gasteiger charge is -2.40. The van der Waals surface area contributed by atoms with Gasteiger partial charge in [-0.25, -0.2) is 0 Å². The maximum Gasteiger partial charge on any atom is 0.308 e. The topological polar surface area (TPSA) is 57.6 Å². The molecule has 80 valence electrons. The summed E-state index contributed by atoms with van der Waals surface area (Å²) in [6.07, 6.45) is 0.831. The van der Waals surface area contributed by atoms with Gasteiger partial charge in [0.25, 0.3) is 0 Å². The van der Waals surface area contributed by atoms with Crippen LogP contribution in [0.4, 0.5) is 0 Å². The van der Waals surface area contributed by atoms with Crippen molar-refractivity contribution < 1.29 is 14.7 Å². The van der Waals surface area contributed by atoms with Gasteiger partial charge in [0.05, 0.1) is 5.92 Å². The predicted octanol–water partition coefficient (Wildman–Crippen LogP) is 1.11. The molecule has 14 heavy (non-hydrogen) atoms. The molecular formula is C10H17NO3. The van der Waals surface area contributed by atoms with E-state index in [2.05, 4.69) is 0 Å². The SMILES string of the molecule is CC(C)N1C(=O)CC[C@@H](C(=O)O)[C@@H]1C. The Morgan fingerprint density at radius 2 is 2.14 bits per heavy atom. The molecule has 0 saturated carbocycles. The Morgan fingerprint density at radius 1 is 1.57 bits per heavy atom. The first kappa shape index (κ1) is 11.0. The van der Waals surface area contributed by atoms with Gasteiger partial charge >= 0.3 is 5.97 Å². The van der Waals surface area contributed by atoms with E-state index in [1.807, 2.05) is 20.8 Å². The van der Waals surface area contributed by atoms with E-state index in [1.54, 1.807) is 4.90 Å². The molecule has 1 N–H and O–H groups in total. The minimum Gasteiger partial charge on any atom is -0.481 e. The zero-order valence-corrected chi connectivity index (χ0v) is 8.86. The highest BCUT2D eigenvalue weighted by Crippen LogP contribution is 2.26. The molecule has 0 aromatic heterocycles. The summed E-state index contributed by atoms with van der Waals surface area (Å²) in [5.41, 5.74) is 0. The number of nitrogens with zero attached hydrogens (tertiary/aromatic N) is 1. The fourth-order valence-corrected chi connectivity index (χ4v) is 2.16. The predicted molar refractivity (Wildman–Crippen MR) is 51.8 cm³/mol. The van der Waals surface area contributed by atoms with Crippen LogP contribution >= 0.6 is 0 Å². The van der Waals surface area contributed by atoms with E-state index in [-0.39, 0.29) is 18.0 Å². The Morgan fingerprint density at radius 3 is 2.57 bits per heavy atom. The van der Waals surface area contributed by atoms with Crippen molar-refractivity contribution >= 4 is 11.9 Å². The van der Waals surface area contributed by atoms with Crippen LogP contribution in [0.3, 0.4) is 0 Å². The molecule has 1 amide bonds. The van der Waals surface area contributed by atoms with Crippen molar-refractivity contribution in [2.75, 3.05) is 0 Å². The molecule has 0 aromatic carbocycles. The van der Waals surface area contributed by atoms with Gasteiger partial charge in [-0.1, -0.05) is 0 Å². The first-order valence-electron chi connectivity index (χ1n) is 4.99. The van der Waals surface area contributed by atoms with Gasteiger partial charge in [0.1, 0.15) is 0 Å². The van der Waals surface area contributed by atoms with Gasteiger partial charge < -0.3 is 10.0 Å². The van der Waals surface area contributed by atoms with Crippen LogP contribution < -0.4 is 0 Å². The van der Waals surface area contributed by atoms with Crippen molar-refractivity contribution in [3.05, 3.63) is 0 Å². The number of hydrogen-bond donors (Lipinski definition) is 1. The van der Waals surface area contributed by atoms with Crippen molar-refractivity contribution in [3.8, 4) is 0 Å². The lowest BCUT2D eigenvalue weighted by molar-refractivity contribution is -0.152. The van der Waals surface area contributed by atoms with E-state index in [1.165, 1.54) is 0 Å². The van der Waals surface area contributed by atoms with Crippen molar-refractivity contribution in [2.45, 2.75) is 45.7 Å². The monoisotopic (exact) mass is 199 g/mol. The zero-order chi connectivity index (χ0) is 10.9. The Kier molecular flexibility index (Phi) is 3.13. The Hall–Kier alpha value is -1.06. The fraction of sp³-hybridized carbons (Fsp3) is 0.800. The highest BCUT2D eigenvalue weighted by Gasteiger charge is 2.37. The third-order valence-electron chi connectivity index (χ3n) is 2.85. The van der Waals surface area contributed by atoms with E-state index < -0.39 is 11.9 Å². The van der Waals surface area contributed by atoms with Crippen LogP contribution in [0, 0.1) is 5.92 Å². The summed E-state index contributed by atoms with van der Waals surface area (Å²) in [4.78, 5) is 24.1. The van der Waals surface area contributed by atoms with E-state index >= 15 is 0 Å². The number of carbonyl (C=O) groups excluding carboxylic acids is 1. The molecule has 2 atom stereocenters. The van der Waals surface area contributed by atoms with Gasteiger partial charge in [-0.05, 0) is 27.2 Å². The molecule has 1 heterocycles. The molecule has 4 heteroatoms. The van der Waals surface area contributed by atoms with Crippen molar-refractivity contribution in [1.82, 2.24) is 4.90 Å². The molecule has 0 unspecified atom stereocenters. The van der Waals surface area contributed by atoms with Crippen molar-refractivity contribution in [3.63, 3.8) is 0 Å². The molecule has 0 radical (unpaired) electrons. The first-order chi connectivity index (χ1) is 6.45. The summed E-state index contributed by atoms with van der Waals surface area (Å²) in [7, 11) is 0. The largest absolute Gasteiger partial charge is 0.481 e. The normalized spacial score (nSPS) is 28.3. The van der Waals surface area contributed by atoms with Gasteiger partial charge in [-0.2, -0.15) is 0 Å². The molecule has 1 rings (SSSR count).